The number of unbranched alkanes of at least 4 members (excludes halogenated alkanes) is 2. The van der Waals surface area contributed by atoms with Crippen molar-refractivity contribution >= 4 is 11.9 Å². The minimum absolute atomic E-state index is 0.131. The molecule has 5 nitrogen and oxygen atoms in total. The molecule has 33 heavy (non-hydrogen) atoms. The van der Waals surface area contributed by atoms with Gasteiger partial charge in [0.15, 0.2) is 11.6 Å². The van der Waals surface area contributed by atoms with E-state index in [1.165, 1.54) is 37.8 Å². The van der Waals surface area contributed by atoms with Crippen LogP contribution in [0.5, 0.6) is 11.5 Å². The van der Waals surface area contributed by atoms with E-state index in [-0.39, 0.29) is 28.5 Å². The number of hydrogen-bond donors (Lipinski definition) is 0. The number of hydrogen-bond acceptors (Lipinski definition) is 5. The molecule has 1 fully saturated rings. The lowest BCUT2D eigenvalue weighted by Gasteiger charge is -2.27. The standard InChI is InChI=1S/C26H27F2NO4/c1-2-3-4-5-17-6-8-18(9-7-17)25(30)33-24-12-10-19(15-22(24)28)26(31)32-23-13-11-21(27)14-20(23)16-29/h10-15,17-18H,2-9H2,1H3. The van der Waals surface area contributed by atoms with E-state index in [9.17, 15) is 18.4 Å². The Kier molecular flexibility index (Phi) is 8.53. The van der Waals surface area contributed by atoms with Gasteiger partial charge in [-0.25, -0.2) is 13.6 Å². The van der Waals surface area contributed by atoms with Gasteiger partial charge in [0.1, 0.15) is 17.6 Å². The maximum absolute atomic E-state index is 14.5. The highest BCUT2D eigenvalue weighted by Gasteiger charge is 2.28. The molecule has 0 saturated heterocycles. The first-order valence-electron chi connectivity index (χ1n) is 11.3. The predicted octanol–water partition coefficient (Wildman–Crippen LogP) is 6.35. The maximum Gasteiger partial charge on any atom is 0.343 e. The van der Waals surface area contributed by atoms with Crippen molar-refractivity contribution in [1.29, 1.82) is 5.26 Å². The summed E-state index contributed by atoms with van der Waals surface area (Å²) in [6.45, 7) is 2.18. The zero-order valence-corrected chi connectivity index (χ0v) is 18.6. The van der Waals surface area contributed by atoms with E-state index in [2.05, 4.69) is 6.92 Å². The Labute approximate surface area is 192 Å². The van der Waals surface area contributed by atoms with Gasteiger partial charge in [0, 0.05) is 0 Å². The second-order valence-electron chi connectivity index (χ2n) is 8.42. The summed E-state index contributed by atoms with van der Waals surface area (Å²) in [5.74, 6) is -2.88. The fourth-order valence-corrected chi connectivity index (χ4v) is 4.11. The normalized spacial score (nSPS) is 17.8. The number of carbonyl (C=O) groups is 2. The molecule has 0 amide bonds. The molecule has 7 heteroatoms. The Morgan fingerprint density at radius 1 is 1.00 bits per heavy atom. The summed E-state index contributed by atoms with van der Waals surface area (Å²) in [6, 6.07) is 8.25. The topological polar surface area (TPSA) is 76.4 Å². The van der Waals surface area contributed by atoms with Gasteiger partial charge in [-0.2, -0.15) is 5.26 Å². The van der Waals surface area contributed by atoms with Crippen LogP contribution in [-0.2, 0) is 4.79 Å². The van der Waals surface area contributed by atoms with Gasteiger partial charge in [-0.05, 0) is 68.0 Å². The van der Waals surface area contributed by atoms with E-state index in [4.69, 9.17) is 14.7 Å². The predicted molar refractivity (Wildman–Crippen MR) is 118 cm³/mol. The molecular weight excluding hydrogens is 428 g/mol. The van der Waals surface area contributed by atoms with Crippen LogP contribution in [0, 0.1) is 34.8 Å². The molecule has 2 aromatic carbocycles. The fraction of sp³-hybridized carbons (Fsp3) is 0.423. The van der Waals surface area contributed by atoms with Crippen LogP contribution >= 0.6 is 0 Å². The average Bonchev–Trinajstić information content (AvgIpc) is 2.82. The molecule has 0 radical (unpaired) electrons. The molecule has 0 unspecified atom stereocenters. The van der Waals surface area contributed by atoms with Crippen molar-refractivity contribution in [3.63, 3.8) is 0 Å². The van der Waals surface area contributed by atoms with Crippen molar-refractivity contribution in [2.24, 2.45) is 11.8 Å². The Morgan fingerprint density at radius 3 is 2.39 bits per heavy atom. The van der Waals surface area contributed by atoms with Crippen molar-refractivity contribution in [3.05, 3.63) is 59.2 Å². The Morgan fingerprint density at radius 2 is 1.73 bits per heavy atom. The average molecular weight is 456 g/mol. The third-order valence-electron chi connectivity index (χ3n) is 6.04. The molecule has 1 aliphatic rings. The molecule has 0 aromatic heterocycles. The van der Waals surface area contributed by atoms with Crippen LogP contribution in [0.1, 0.15) is 74.2 Å². The lowest BCUT2D eigenvalue weighted by Crippen LogP contribution is -2.26. The van der Waals surface area contributed by atoms with Gasteiger partial charge in [-0.1, -0.05) is 32.6 Å². The minimum atomic E-state index is -0.920. The van der Waals surface area contributed by atoms with Crippen LogP contribution in [0.4, 0.5) is 8.78 Å². The van der Waals surface area contributed by atoms with Gasteiger partial charge in [0.25, 0.3) is 0 Å². The van der Waals surface area contributed by atoms with Crippen molar-refractivity contribution in [2.75, 3.05) is 0 Å². The number of ether oxygens (including phenoxy) is 2. The molecule has 0 N–H and O–H groups in total. The monoisotopic (exact) mass is 455 g/mol. The van der Waals surface area contributed by atoms with Crippen LogP contribution in [0.3, 0.4) is 0 Å². The molecule has 1 aliphatic carbocycles. The first-order valence-corrected chi connectivity index (χ1v) is 11.3. The van der Waals surface area contributed by atoms with Gasteiger partial charge in [-0.3, -0.25) is 4.79 Å². The quantitative estimate of drug-likeness (QED) is 0.263. The van der Waals surface area contributed by atoms with Crippen molar-refractivity contribution in [2.45, 2.75) is 58.3 Å². The number of nitrogens with zero attached hydrogens (tertiary/aromatic N) is 1. The van der Waals surface area contributed by atoms with E-state index < -0.39 is 23.6 Å². The minimum Gasteiger partial charge on any atom is -0.423 e. The number of esters is 2. The third-order valence-corrected chi connectivity index (χ3v) is 6.04. The lowest BCUT2D eigenvalue weighted by atomic mass is 9.80. The van der Waals surface area contributed by atoms with E-state index in [1.54, 1.807) is 6.07 Å². The second kappa shape index (κ2) is 11.6. The zero-order chi connectivity index (χ0) is 23.8. The van der Waals surface area contributed by atoms with Crippen molar-refractivity contribution in [3.8, 4) is 17.6 Å². The number of halogens is 2. The van der Waals surface area contributed by atoms with Gasteiger partial charge >= 0.3 is 11.9 Å². The van der Waals surface area contributed by atoms with Gasteiger partial charge in [0.05, 0.1) is 17.0 Å². The number of rotatable bonds is 8. The zero-order valence-electron chi connectivity index (χ0n) is 18.6. The summed E-state index contributed by atoms with van der Waals surface area (Å²) >= 11 is 0. The first kappa shape index (κ1) is 24.4. The largest absolute Gasteiger partial charge is 0.423 e. The Bertz CT molecular complexity index is 1040. The summed E-state index contributed by atoms with van der Waals surface area (Å²) in [6.07, 6.45) is 8.26. The molecule has 3 rings (SSSR count). The van der Waals surface area contributed by atoms with Crippen LogP contribution < -0.4 is 9.47 Å². The fourth-order valence-electron chi connectivity index (χ4n) is 4.11. The second-order valence-corrected chi connectivity index (χ2v) is 8.42. The maximum atomic E-state index is 14.5. The summed E-state index contributed by atoms with van der Waals surface area (Å²) in [5.41, 5.74) is -0.289. The number of benzene rings is 2. The first-order chi connectivity index (χ1) is 15.9. The summed E-state index contributed by atoms with van der Waals surface area (Å²) in [5, 5.41) is 9.04. The number of carbonyl (C=O) groups excluding carboxylic acids is 2. The summed E-state index contributed by atoms with van der Waals surface area (Å²) in [7, 11) is 0. The van der Waals surface area contributed by atoms with Crippen molar-refractivity contribution in [1.82, 2.24) is 0 Å². The highest BCUT2D eigenvalue weighted by Crippen LogP contribution is 2.33. The van der Waals surface area contributed by atoms with E-state index in [1.807, 2.05) is 0 Å². The van der Waals surface area contributed by atoms with E-state index >= 15 is 0 Å². The van der Waals surface area contributed by atoms with Gasteiger partial charge in [0.2, 0.25) is 0 Å². The highest BCUT2D eigenvalue weighted by molar-refractivity contribution is 5.91. The van der Waals surface area contributed by atoms with Crippen LogP contribution in [-0.4, -0.2) is 11.9 Å². The smallest absolute Gasteiger partial charge is 0.343 e. The Balaban J connectivity index is 1.57. The third kappa shape index (κ3) is 6.61. The molecule has 1 saturated carbocycles. The van der Waals surface area contributed by atoms with E-state index in [0.717, 1.165) is 49.9 Å². The SMILES string of the molecule is CCCCCC1CCC(C(=O)Oc2ccc(C(=O)Oc3ccc(F)cc3C#N)cc2F)CC1. The van der Waals surface area contributed by atoms with Crippen LogP contribution in [0.25, 0.3) is 0 Å². The highest BCUT2D eigenvalue weighted by atomic mass is 19.1. The molecule has 0 aliphatic heterocycles. The summed E-state index contributed by atoms with van der Waals surface area (Å²) < 4.78 is 38.1. The molecule has 2 aromatic rings. The van der Waals surface area contributed by atoms with Gasteiger partial charge in [-0.15, -0.1) is 0 Å². The molecule has 0 bridgehead atoms. The molecule has 0 atom stereocenters. The number of nitriles is 1. The van der Waals surface area contributed by atoms with Gasteiger partial charge < -0.3 is 9.47 Å². The molecular formula is C26H27F2NO4. The van der Waals surface area contributed by atoms with E-state index in [0.29, 0.717) is 5.92 Å². The lowest BCUT2D eigenvalue weighted by molar-refractivity contribution is -0.140. The molecule has 174 valence electrons. The summed E-state index contributed by atoms with van der Waals surface area (Å²) in [4.78, 5) is 24.8. The molecule has 0 heterocycles. The molecule has 0 spiro atoms. The van der Waals surface area contributed by atoms with Crippen molar-refractivity contribution < 1.29 is 27.8 Å². The van der Waals surface area contributed by atoms with Crippen LogP contribution in [0.15, 0.2) is 36.4 Å². The Hall–Kier alpha value is -3.27. The van der Waals surface area contributed by atoms with Crippen LogP contribution in [0.2, 0.25) is 0 Å².